The minimum atomic E-state index is -0.629. The first kappa shape index (κ1) is 16.9. The number of carbonyl (C=O) groups excluding carboxylic acids is 4. The Labute approximate surface area is 160 Å². The van der Waals surface area contributed by atoms with Crippen LogP contribution >= 0.6 is 0 Å². The summed E-state index contributed by atoms with van der Waals surface area (Å²) in [4.78, 5) is 47.6. The summed E-state index contributed by atoms with van der Waals surface area (Å²) in [6, 6.07) is 10.5. The molecule has 1 aliphatic carbocycles. The van der Waals surface area contributed by atoms with Gasteiger partial charge in [0.05, 0.1) is 22.3 Å². The number of benzene rings is 2. The number of hydrogen-bond acceptors (Lipinski definition) is 6. The van der Waals surface area contributed by atoms with E-state index in [9.17, 15) is 19.2 Å². The van der Waals surface area contributed by atoms with E-state index in [0.717, 1.165) is 43.2 Å². The Kier molecular flexibility index (Phi) is 3.53. The average molecular weight is 376 g/mol. The van der Waals surface area contributed by atoms with Crippen molar-refractivity contribution in [2.45, 2.75) is 37.5 Å². The lowest BCUT2D eigenvalue weighted by Gasteiger charge is -2.39. The predicted molar refractivity (Wildman–Crippen MR) is 96.2 cm³/mol. The first-order valence-electron chi connectivity index (χ1n) is 9.32. The SMILES string of the molecule is O=C1OC(=O)c2cc(C3(c4ccc5c(c4)C(=O)OC5=O)CCCCC3)ccc21. The first-order valence-corrected chi connectivity index (χ1v) is 9.32. The van der Waals surface area contributed by atoms with Crippen molar-refractivity contribution in [2.75, 3.05) is 0 Å². The number of rotatable bonds is 2. The molecule has 140 valence electrons. The van der Waals surface area contributed by atoms with Crippen LogP contribution < -0.4 is 0 Å². The summed E-state index contributed by atoms with van der Waals surface area (Å²) in [5, 5.41) is 0. The van der Waals surface area contributed by atoms with E-state index in [1.54, 1.807) is 24.3 Å². The van der Waals surface area contributed by atoms with Crippen molar-refractivity contribution in [3.63, 3.8) is 0 Å². The third-order valence-corrected chi connectivity index (χ3v) is 6.10. The fraction of sp³-hybridized carbons (Fsp3) is 0.273. The highest BCUT2D eigenvalue weighted by Gasteiger charge is 2.40. The topological polar surface area (TPSA) is 86.7 Å². The Morgan fingerprint density at radius 3 is 1.46 bits per heavy atom. The Hall–Kier alpha value is -3.28. The Morgan fingerprint density at radius 2 is 1.00 bits per heavy atom. The molecule has 2 aromatic rings. The van der Waals surface area contributed by atoms with Gasteiger partial charge in [-0.1, -0.05) is 31.4 Å². The summed E-state index contributed by atoms with van der Waals surface area (Å²) < 4.78 is 9.44. The van der Waals surface area contributed by atoms with Gasteiger partial charge in [0.2, 0.25) is 0 Å². The molecule has 0 atom stereocenters. The molecular weight excluding hydrogens is 360 g/mol. The van der Waals surface area contributed by atoms with E-state index in [2.05, 4.69) is 0 Å². The Bertz CT molecular complexity index is 995. The zero-order valence-electron chi connectivity index (χ0n) is 14.9. The van der Waals surface area contributed by atoms with Crippen molar-refractivity contribution in [1.29, 1.82) is 0 Å². The van der Waals surface area contributed by atoms with Crippen LogP contribution in [0.15, 0.2) is 36.4 Å². The van der Waals surface area contributed by atoms with Crippen LogP contribution in [0.4, 0.5) is 0 Å². The highest BCUT2D eigenvalue weighted by molar-refractivity contribution is 6.15. The van der Waals surface area contributed by atoms with Gasteiger partial charge < -0.3 is 9.47 Å². The molecule has 6 nitrogen and oxygen atoms in total. The van der Waals surface area contributed by atoms with E-state index in [0.29, 0.717) is 0 Å². The zero-order valence-corrected chi connectivity index (χ0v) is 14.9. The van der Waals surface area contributed by atoms with Gasteiger partial charge >= 0.3 is 23.9 Å². The molecule has 0 bridgehead atoms. The smallest absolute Gasteiger partial charge is 0.346 e. The molecule has 6 heteroatoms. The van der Waals surface area contributed by atoms with E-state index in [1.165, 1.54) is 0 Å². The fourth-order valence-electron chi connectivity index (χ4n) is 4.67. The van der Waals surface area contributed by atoms with Gasteiger partial charge in [0.1, 0.15) is 0 Å². The highest BCUT2D eigenvalue weighted by Crippen LogP contribution is 2.46. The van der Waals surface area contributed by atoms with Crippen LogP contribution in [0.5, 0.6) is 0 Å². The molecule has 2 heterocycles. The van der Waals surface area contributed by atoms with Gasteiger partial charge in [0.25, 0.3) is 0 Å². The summed E-state index contributed by atoms with van der Waals surface area (Å²) in [6.07, 6.45) is 4.80. The second-order valence-electron chi connectivity index (χ2n) is 7.52. The van der Waals surface area contributed by atoms with Crippen LogP contribution in [0.3, 0.4) is 0 Å². The molecule has 0 amide bonds. The minimum Gasteiger partial charge on any atom is -0.386 e. The molecule has 0 aromatic heterocycles. The van der Waals surface area contributed by atoms with Crippen molar-refractivity contribution in [2.24, 2.45) is 0 Å². The third kappa shape index (κ3) is 2.27. The Morgan fingerprint density at radius 1 is 0.571 bits per heavy atom. The standard InChI is InChI=1S/C22H16O6/c23-18-14-6-4-12(10-16(14)20(25)27-18)22(8-2-1-3-9-22)13-5-7-15-17(11-13)21(26)28-19(15)24/h4-7,10-11H,1-3,8-9H2. The van der Waals surface area contributed by atoms with Crippen molar-refractivity contribution < 1.29 is 28.7 Å². The van der Waals surface area contributed by atoms with Gasteiger partial charge in [-0.2, -0.15) is 0 Å². The molecule has 3 aliphatic rings. The average Bonchev–Trinajstić information content (AvgIpc) is 3.17. The highest BCUT2D eigenvalue weighted by atomic mass is 16.6. The molecule has 2 aromatic carbocycles. The van der Waals surface area contributed by atoms with E-state index in [-0.39, 0.29) is 22.3 Å². The molecular formula is C22H16O6. The summed E-state index contributed by atoms with van der Waals surface area (Å²) >= 11 is 0. The van der Waals surface area contributed by atoms with E-state index in [4.69, 9.17) is 9.47 Å². The molecule has 1 saturated carbocycles. The van der Waals surface area contributed by atoms with Crippen LogP contribution in [-0.4, -0.2) is 23.9 Å². The Balaban J connectivity index is 1.68. The maximum atomic E-state index is 12.0. The molecule has 0 radical (unpaired) electrons. The normalized spacial score (nSPS) is 19.9. The van der Waals surface area contributed by atoms with E-state index < -0.39 is 29.3 Å². The number of hydrogen-bond donors (Lipinski definition) is 0. The van der Waals surface area contributed by atoms with Crippen LogP contribution in [0.1, 0.15) is 84.7 Å². The number of esters is 4. The zero-order chi connectivity index (χ0) is 19.5. The fourth-order valence-corrected chi connectivity index (χ4v) is 4.67. The minimum absolute atomic E-state index is 0.280. The van der Waals surface area contributed by atoms with Crippen molar-refractivity contribution >= 4 is 23.9 Å². The lowest BCUT2D eigenvalue weighted by molar-refractivity contribution is 0.0425. The third-order valence-electron chi connectivity index (χ3n) is 6.10. The van der Waals surface area contributed by atoms with Crippen molar-refractivity contribution in [3.8, 4) is 0 Å². The molecule has 0 unspecified atom stereocenters. The van der Waals surface area contributed by atoms with Crippen LogP contribution in [-0.2, 0) is 14.9 Å². The lowest BCUT2D eigenvalue weighted by Crippen LogP contribution is -2.31. The van der Waals surface area contributed by atoms with Crippen molar-refractivity contribution in [3.05, 3.63) is 69.8 Å². The molecule has 0 N–H and O–H groups in total. The second kappa shape index (κ2) is 5.86. The summed E-state index contributed by atoms with van der Waals surface area (Å²) in [5.74, 6) is -2.50. The maximum Gasteiger partial charge on any atom is 0.346 e. The molecule has 5 rings (SSSR count). The number of cyclic esters (lactones) is 4. The second-order valence-corrected chi connectivity index (χ2v) is 7.52. The quantitative estimate of drug-likeness (QED) is 0.588. The van der Waals surface area contributed by atoms with Crippen LogP contribution in [0.2, 0.25) is 0 Å². The van der Waals surface area contributed by atoms with Crippen molar-refractivity contribution in [1.82, 2.24) is 0 Å². The molecule has 0 saturated heterocycles. The lowest BCUT2D eigenvalue weighted by atomic mass is 9.64. The summed E-state index contributed by atoms with van der Waals surface area (Å²) in [7, 11) is 0. The number of carbonyl (C=O) groups is 4. The van der Waals surface area contributed by atoms with E-state index >= 15 is 0 Å². The monoisotopic (exact) mass is 376 g/mol. The van der Waals surface area contributed by atoms with E-state index in [1.807, 2.05) is 12.1 Å². The molecule has 2 aliphatic heterocycles. The molecule has 28 heavy (non-hydrogen) atoms. The van der Waals surface area contributed by atoms with Gasteiger partial charge in [0.15, 0.2) is 0 Å². The van der Waals surface area contributed by atoms with Gasteiger partial charge in [-0.3, -0.25) is 0 Å². The molecule has 1 fully saturated rings. The molecule has 0 spiro atoms. The van der Waals surface area contributed by atoms with Gasteiger partial charge in [0, 0.05) is 5.41 Å². The van der Waals surface area contributed by atoms with Gasteiger partial charge in [-0.15, -0.1) is 0 Å². The summed E-state index contributed by atoms with van der Waals surface area (Å²) in [6.45, 7) is 0. The number of ether oxygens (including phenoxy) is 2. The first-order chi connectivity index (χ1) is 13.5. The predicted octanol–water partition coefficient (Wildman–Crippen LogP) is 3.56. The summed E-state index contributed by atoms with van der Waals surface area (Å²) in [5.41, 5.74) is 2.54. The maximum absolute atomic E-state index is 12.0. The largest absolute Gasteiger partial charge is 0.386 e. The van der Waals surface area contributed by atoms with Gasteiger partial charge in [-0.05, 0) is 48.2 Å². The van der Waals surface area contributed by atoms with Crippen LogP contribution in [0.25, 0.3) is 0 Å². The number of fused-ring (bicyclic) bond motifs is 2. The van der Waals surface area contributed by atoms with Gasteiger partial charge in [-0.25, -0.2) is 19.2 Å². The van der Waals surface area contributed by atoms with Crippen LogP contribution in [0, 0.1) is 0 Å².